The quantitative estimate of drug-likeness (QED) is 0.526. The molecule has 0 atom stereocenters. The Morgan fingerprint density at radius 2 is 1.94 bits per heavy atom. The van der Waals surface area contributed by atoms with Crippen molar-refractivity contribution in [3.05, 3.63) is 37.1 Å². The van der Waals surface area contributed by atoms with Gasteiger partial charge in [0, 0.05) is 49.2 Å². The smallest absolute Gasteiger partial charge is 0.155 e. The van der Waals surface area contributed by atoms with E-state index in [-0.39, 0.29) is 0 Å². The van der Waals surface area contributed by atoms with Crippen LogP contribution in [0.3, 0.4) is 0 Å². The van der Waals surface area contributed by atoms with Crippen molar-refractivity contribution in [3.8, 4) is 11.3 Å². The third-order valence-corrected chi connectivity index (χ3v) is 6.60. The van der Waals surface area contributed by atoms with Crippen molar-refractivity contribution in [2.45, 2.75) is 37.8 Å². The van der Waals surface area contributed by atoms with Crippen molar-refractivity contribution in [1.82, 2.24) is 34.4 Å². The molecule has 9 heteroatoms. The minimum Gasteiger partial charge on any atom is -0.379 e. The van der Waals surface area contributed by atoms with E-state index in [9.17, 15) is 0 Å². The van der Waals surface area contributed by atoms with Gasteiger partial charge in [-0.2, -0.15) is 5.10 Å². The number of nitrogens with zero attached hydrogens (tertiary/aromatic N) is 6. The molecule has 2 N–H and O–H groups in total. The van der Waals surface area contributed by atoms with Gasteiger partial charge >= 0.3 is 0 Å². The molecule has 31 heavy (non-hydrogen) atoms. The average molecular weight is 419 g/mol. The van der Waals surface area contributed by atoms with Crippen LogP contribution in [-0.2, 0) is 4.74 Å². The molecule has 0 spiro atoms. The lowest BCUT2D eigenvalue weighted by molar-refractivity contribution is 0.00791. The van der Waals surface area contributed by atoms with Crippen molar-refractivity contribution in [3.63, 3.8) is 0 Å². The monoisotopic (exact) mass is 418 g/mol. The third-order valence-electron chi connectivity index (χ3n) is 6.60. The fourth-order valence-corrected chi connectivity index (χ4v) is 4.96. The molecule has 4 aromatic rings. The number of hydrogen-bond acceptors (Lipinski definition) is 7. The first kappa shape index (κ1) is 18.7. The molecule has 0 aromatic carbocycles. The predicted molar refractivity (Wildman–Crippen MR) is 118 cm³/mol. The number of ether oxygens (including phenoxy) is 1. The summed E-state index contributed by atoms with van der Waals surface area (Å²) in [6, 6.07) is 4.98. The van der Waals surface area contributed by atoms with Gasteiger partial charge in [0.05, 0.1) is 30.5 Å². The maximum atomic E-state index is 5.51. The number of H-pyrrole nitrogens is 1. The summed E-state index contributed by atoms with van der Waals surface area (Å²) in [6.45, 7) is 3.87. The van der Waals surface area contributed by atoms with Gasteiger partial charge < -0.3 is 15.0 Å². The molecule has 5 heterocycles. The largest absolute Gasteiger partial charge is 0.379 e. The normalized spacial score (nSPS) is 22.8. The Bertz CT molecular complexity index is 1190. The highest BCUT2D eigenvalue weighted by molar-refractivity contribution is 6.00. The zero-order valence-electron chi connectivity index (χ0n) is 17.4. The van der Waals surface area contributed by atoms with Crippen molar-refractivity contribution < 1.29 is 4.74 Å². The highest BCUT2D eigenvalue weighted by Crippen LogP contribution is 2.33. The van der Waals surface area contributed by atoms with E-state index in [1.165, 1.54) is 12.8 Å². The van der Waals surface area contributed by atoms with Gasteiger partial charge in [-0.1, -0.05) is 0 Å². The Balaban J connectivity index is 1.24. The third kappa shape index (κ3) is 3.53. The molecule has 1 aliphatic carbocycles. The fraction of sp³-hybridized carbons (Fsp3) is 0.455. The second kappa shape index (κ2) is 7.90. The van der Waals surface area contributed by atoms with Crippen LogP contribution in [0.15, 0.2) is 37.1 Å². The SMILES string of the molecule is c1nc(NC2CCC(N3CCOCC3)CC2)c2c(-c3ccn4nccc4n3)c[nH]c2n1. The molecule has 1 saturated carbocycles. The summed E-state index contributed by atoms with van der Waals surface area (Å²) in [6.07, 6.45) is 12.0. The van der Waals surface area contributed by atoms with E-state index in [0.29, 0.717) is 12.1 Å². The molecule has 160 valence electrons. The molecule has 2 fully saturated rings. The highest BCUT2D eigenvalue weighted by atomic mass is 16.5. The van der Waals surface area contributed by atoms with Crippen LogP contribution in [-0.4, -0.2) is 72.8 Å². The Morgan fingerprint density at radius 3 is 2.81 bits per heavy atom. The van der Waals surface area contributed by atoms with Gasteiger partial charge in [0.25, 0.3) is 0 Å². The standard InChI is InChI=1S/C22H26N8O/c1-3-16(29-9-11-31-12-10-29)4-2-15(1)27-22-20-17(13-23-21(20)24-14-25-22)18-6-8-30-19(28-18)5-7-26-30/h5-8,13-16H,1-4,9-12H2,(H2,23,24,25,27). The number of nitrogens with one attached hydrogen (secondary N) is 2. The Morgan fingerprint density at radius 1 is 1.06 bits per heavy atom. The first-order valence-electron chi connectivity index (χ1n) is 11.1. The van der Waals surface area contributed by atoms with Crippen LogP contribution in [0.1, 0.15) is 25.7 Å². The van der Waals surface area contributed by atoms with E-state index in [1.807, 2.05) is 24.5 Å². The number of anilines is 1. The van der Waals surface area contributed by atoms with E-state index in [2.05, 4.69) is 30.3 Å². The minimum atomic E-state index is 0.420. The Kier molecular flexibility index (Phi) is 4.77. The van der Waals surface area contributed by atoms with E-state index in [1.54, 1.807) is 17.0 Å². The molecule has 2 aliphatic rings. The zero-order valence-corrected chi connectivity index (χ0v) is 17.4. The van der Waals surface area contributed by atoms with E-state index in [0.717, 1.165) is 72.9 Å². The molecule has 0 unspecified atom stereocenters. The second-order valence-electron chi connectivity index (χ2n) is 8.39. The van der Waals surface area contributed by atoms with Crippen LogP contribution in [0.25, 0.3) is 27.9 Å². The van der Waals surface area contributed by atoms with Gasteiger partial charge in [-0.15, -0.1) is 0 Å². The molecule has 0 radical (unpaired) electrons. The summed E-state index contributed by atoms with van der Waals surface area (Å²) >= 11 is 0. The second-order valence-corrected chi connectivity index (χ2v) is 8.39. The van der Waals surface area contributed by atoms with Crippen molar-refractivity contribution in [2.75, 3.05) is 31.6 Å². The fourth-order valence-electron chi connectivity index (χ4n) is 4.96. The predicted octanol–water partition coefficient (Wildman–Crippen LogP) is 2.72. The van der Waals surface area contributed by atoms with Crippen molar-refractivity contribution in [1.29, 1.82) is 0 Å². The average Bonchev–Trinajstić information content (AvgIpc) is 3.47. The van der Waals surface area contributed by atoms with Crippen molar-refractivity contribution >= 4 is 22.5 Å². The molecule has 0 amide bonds. The van der Waals surface area contributed by atoms with Gasteiger partial charge in [0.15, 0.2) is 5.65 Å². The van der Waals surface area contributed by atoms with Crippen LogP contribution < -0.4 is 5.32 Å². The van der Waals surface area contributed by atoms with Gasteiger partial charge in [-0.25, -0.2) is 19.5 Å². The molecular weight excluding hydrogens is 392 g/mol. The number of fused-ring (bicyclic) bond motifs is 2. The Hall–Kier alpha value is -3.04. The topological polar surface area (TPSA) is 96.3 Å². The van der Waals surface area contributed by atoms with Crippen LogP contribution in [0.4, 0.5) is 5.82 Å². The first-order chi connectivity index (χ1) is 15.3. The lowest BCUT2D eigenvalue weighted by Crippen LogP contribution is -2.46. The minimum absolute atomic E-state index is 0.420. The molecule has 1 aliphatic heterocycles. The van der Waals surface area contributed by atoms with E-state index < -0.39 is 0 Å². The van der Waals surface area contributed by atoms with Crippen LogP contribution in [0.5, 0.6) is 0 Å². The summed E-state index contributed by atoms with van der Waals surface area (Å²) in [5, 5.41) is 8.95. The zero-order chi connectivity index (χ0) is 20.6. The van der Waals surface area contributed by atoms with Gasteiger partial charge in [-0.3, -0.25) is 4.90 Å². The van der Waals surface area contributed by atoms with Crippen LogP contribution >= 0.6 is 0 Å². The molecule has 4 aromatic heterocycles. The van der Waals surface area contributed by atoms with Crippen molar-refractivity contribution in [2.24, 2.45) is 0 Å². The highest BCUT2D eigenvalue weighted by Gasteiger charge is 2.27. The van der Waals surface area contributed by atoms with Crippen LogP contribution in [0, 0.1) is 0 Å². The number of rotatable bonds is 4. The molecular formula is C22H26N8O. The summed E-state index contributed by atoms with van der Waals surface area (Å²) in [7, 11) is 0. The van der Waals surface area contributed by atoms with E-state index >= 15 is 0 Å². The maximum absolute atomic E-state index is 5.51. The number of hydrogen-bond donors (Lipinski definition) is 2. The lowest BCUT2D eigenvalue weighted by atomic mass is 9.90. The summed E-state index contributed by atoms with van der Waals surface area (Å²) in [5.74, 6) is 0.881. The van der Waals surface area contributed by atoms with Crippen LogP contribution in [0.2, 0.25) is 0 Å². The molecule has 0 bridgehead atoms. The van der Waals surface area contributed by atoms with Gasteiger partial charge in [-0.05, 0) is 31.7 Å². The molecule has 1 saturated heterocycles. The molecule has 6 rings (SSSR count). The van der Waals surface area contributed by atoms with Gasteiger partial charge in [0.1, 0.15) is 17.8 Å². The first-order valence-corrected chi connectivity index (χ1v) is 11.1. The lowest BCUT2D eigenvalue weighted by Gasteiger charge is -2.39. The summed E-state index contributed by atoms with van der Waals surface area (Å²) in [4.78, 5) is 19.7. The summed E-state index contributed by atoms with van der Waals surface area (Å²) in [5.41, 5.74) is 3.53. The molecule has 9 nitrogen and oxygen atoms in total. The Labute approximate surface area is 179 Å². The number of aromatic nitrogens is 6. The van der Waals surface area contributed by atoms with Gasteiger partial charge in [0.2, 0.25) is 0 Å². The maximum Gasteiger partial charge on any atom is 0.155 e. The summed E-state index contributed by atoms with van der Waals surface area (Å²) < 4.78 is 7.27. The number of morpholine rings is 1. The van der Waals surface area contributed by atoms with E-state index in [4.69, 9.17) is 9.72 Å². The number of aromatic amines is 1.